The second-order valence-electron chi connectivity index (χ2n) is 1.09. The molecule has 1 saturated heterocycles. The van der Waals surface area contributed by atoms with Crippen molar-refractivity contribution in [2.24, 2.45) is 0 Å². The quantitative estimate of drug-likeness (QED) is 0.379. The van der Waals surface area contributed by atoms with Crippen LogP contribution in [-0.2, 0) is 4.84 Å². The first-order chi connectivity index (χ1) is 2.89. The lowest BCUT2D eigenvalue weighted by molar-refractivity contribution is -0.691. The van der Waals surface area contributed by atoms with E-state index in [9.17, 15) is 4.91 Å². The van der Waals surface area contributed by atoms with Crippen LogP contribution < -0.4 is 0 Å². The van der Waals surface area contributed by atoms with Gasteiger partial charge in [0.25, 0.3) is 0 Å². The molecule has 0 atom stereocenters. The topological polar surface area (TPSA) is 29.3 Å². The summed E-state index contributed by atoms with van der Waals surface area (Å²) in [6, 6.07) is 0. The van der Waals surface area contributed by atoms with E-state index < -0.39 is 0 Å². The van der Waals surface area contributed by atoms with Gasteiger partial charge in [-0.3, -0.25) is 4.84 Å². The van der Waals surface area contributed by atoms with Gasteiger partial charge in [0.05, 0.1) is 0 Å². The molecule has 0 spiro atoms. The van der Waals surface area contributed by atoms with Crippen LogP contribution in [0.3, 0.4) is 0 Å². The minimum Gasteiger partial charge on any atom is -0.258 e. The van der Waals surface area contributed by atoms with Crippen molar-refractivity contribution in [1.29, 1.82) is 0 Å². The first-order valence-corrected chi connectivity index (χ1v) is 1.82. The molecular formula is C2H4BNO2+. The Hall–Kier alpha value is -0.535. The molecule has 0 aromatic heterocycles. The molecule has 0 unspecified atom stereocenters. The molecule has 0 saturated carbocycles. The van der Waals surface area contributed by atoms with Gasteiger partial charge in [-0.2, -0.15) is 0 Å². The SMILES string of the molecule is O=[N+]1[B]CCO1. The predicted octanol–water partition coefficient (Wildman–Crippen LogP) is -0.252. The molecule has 1 heterocycles. The summed E-state index contributed by atoms with van der Waals surface area (Å²) in [4.78, 5) is 14.7. The van der Waals surface area contributed by atoms with E-state index >= 15 is 0 Å². The lowest BCUT2D eigenvalue weighted by Gasteiger charge is -1.71. The fourth-order valence-electron chi connectivity index (χ4n) is 0.353. The zero-order valence-corrected chi connectivity index (χ0v) is 3.26. The van der Waals surface area contributed by atoms with Crippen LogP contribution in [0.2, 0.25) is 6.32 Å². The smallest absolute Gasteiger partial charge is 0.258 e. The van der Waals surface area contributed by atoms with E-state index in [1.165, 1.54) is 7.41 Å². The molecular weight excluding hydrogens is 80.8 g/mol. The van der Waals surface area contributed by atoms with Crippen LogP contribution in [0.1, 0.15) is 0 Å². The molecule has 0 N–H and O–H groups in total. The van der Waals surface area contributed by atoms with Crippen molar-refractivity contribution in [3.8, 4) is 0 Å². The van der Waals surface area contributed by atoms with Gasteiger partial charge in [-0.15, -0.1) is 0 Å². The highest BCUT2D eigenvalue weighted by Crippen LogP contribution is 1.91. The zero-order valence-electron chi connectivity index (χ0n) is 3.26. The van der Waals surface area contributed by atoms with Gasteiger partial charge >= 0.3 is 7.41 Å². The van der Waals surface area contributed by atoms with Crippen molar-refractivity contribution in [3.63, 3.8) is 0 Å². The van der Waals surface area contributed by atoms with Crippen LogP contribution in [0, 0.1) is 4.91 Å². The maximum atomic E-state index is 9.88. The molecule has 4 heteroatoms. The van der Waals surface area contributed by atoms with E-state index in [1.807, 2.05) is 0 Å². The molecule has 1 fully saturated rings. The number of nitrogens with zero attached hydrogens (tertiary/aromatic N) is 1. The monoisotopic (exact) mass is 85.0 g/mol. The average Bonchev–Trinajstić information content (AvgIpc) is 1.86. The lowest BCUT2D eigenvalue weighted by Crippen LogP contribution is -1.99. The minimum atomic E-state index is 0.486. The molecule has 6 heavy (non-hydrogen) atoms. The third-order valence-corrected chi connectivity index (χ3v) is 0.615. The molecule has 1 aliphatic heterocycles. The summed E-state index contributed by atoms with van der Waals surface area (Å²) in [6.07, 6.45) is 0.753. The normalized spacial score (nSPS) is 19.7. The van der Waals surface area contributed by atoms with Gasteiger partial charge < -0.3 is 0 Å². The fourth-order valence-corrected chi connectivity index (χ4v) is 0.353. The zero-order chi connectivity index (χ0) is 4.41. The van der Waals surface area contributed by atoms with Crippen LogP contribution in [0.4, 0.5) is 0 Å². The molecule has 3 nitrogen and oxygen atoms in total. The van der Waals surface area contributed by atoms with Gasteiger partial charge in [-0.1, -0.05) is 0 Å². The highest BCUT2D eigenvalue weighted by atomic mass is 16.8. The van der Waals surface area contributed by atoms with E-state index in [0.717, 1.165) is 6.32 Å². The van der Waals surface area contributed by atoms with E-state index in [-0.39, 0.29) is 0 Å². The molecule has 0 aromatic carbocycles. The number of rotatable bonds is 0. The Morgan fingerprint density at radius 1 is 1.83 bits per heavy atom. The first-order valence-electron chi connectivity index (χ1n) is 1.82. The third-order valence-electron chi connectivity index (χ3n) is 0.615. The largest absolute Gasteiger partial charge is 0.672 e. The maximum absolute atomic E-state index is 9.88. The van der Waals surface area contributed by atoms with Crippen molar-refractivity contribution in [2.45, 2.75) is 6.32 Å². The van der Waals surface area contributed by atoms with Crippen molar-refractivity contribution in [1.82, 2.24) is 0 Å². The summed E-state index contributed by atoms with van der Waals surface area (Å²) in [5, 5.41) is 0. The third kappa shape index (κ3) is 0.504. The second-order valence-corrected chi connectivity index (χ2v) is 1.09. The highest BCUT2D eigenvalue weighted by Gasteiger charge is 2.25. The maximum Gasteiger partial charge on any atom is 0.672 e. The Balaban J connectivity index is 2.37. The Labute approximate surface area is 36.1 Å². The standard InChI is InChI=1S/C2H4BNO2/c5-4-3-1-2-6-4/h1-2H2/q+1. The summed E-state index contributed by atoms with van der Waals surface area (Å²) in [5.74, 6) is 0. The summed E-state index contributed by atoms with van der Waals surface area (Å²) < 4.78 is 0. The molecule has 0 amide bonds. The van der Waals surface area contributed by atoms with Crippen LogP contribution in [0.15, 0.2) is 0 Å². The molecule has 1 radical (unpaired) electrons. The Kier molecular flexibility index (Phi) is 0.780. The van der Waals surface area contributed by atoms with Crippen LogP contribution in [0.25, 0.3) is 0 Å². The van der Waals surface area contributed by atoms with Crippen LogP contribution >= 0.6 is 0 Å². The lowest BCUT2D eigenvalue weighted by atomic mass is 9.93. The Morgan fingerprint density at radius 3 is 2.83 bits per heavy atom. The summed E-state index contributed by atoms with van der Waals surface area (Å²) in [6.45, 7) is 0.545. The van der Waals surface area contributed by atoms with Crippen LogP contribution in [0.5, 0.6) is 0 Å². The first kappa shape index (κ1) is 3.65. The fraction of sp³-hybridized carbons (Fsp3) is 1.00. The Bertz CT molecular complexity index is 65.9. The molecule has 0 bridgehead atoms. The molecule has 0 aliphatic carbocycles. The van der Waals surface area contributed by atoms with Gasteiger partial charge in [0.15, 0.2) is 6.61 Å². The van der Waals surface area contributed by atoms with E-state index in [0.29, 0.717) is 11.4 Å². The van der Waals surface area contributed by atoms with Crippen molar-refractivity contribution in [3.05, 3.63) is 4.91 Å². The minimum absolute atomic E-state index is 0.486. The van der Waals surface area contributed by atoms with Crippen molar-refractivity contribution in [2.75, 3.05) is 6.61 Å². The second kappa shape index (κ2) is 1.28. The summed E-state index contributed by atoms with van der Waals surface area (Å²) in [7, 11) is 1.46. The number of hydrogen-bond donors (Lipinski definition) is 0. The Morgan fingerprint density at radius 2 is 2.67 bits per heavy atom. The molecule has 0 aromatic rings. The van der Waals surface area contributed by atoms with Gasteiger partial charge in [0.2, 0.25) is 0 Å². The number of hydrogen-bond acceptors (Lipinski definition) is 2. The van der Waals surface area contributed by atoms with Gasteiger partial charge in [-0.25, -0.2) is 0 Å². The highest BCUT2D eigenvalue weighted by molar-refractivity contribution is 6.25. The summed E-state index contributed by atoms with van der Waals surface area (Å²) >= 11 is 0. The van der Waals surface area contributed by atoms with Gasteiger partial charge in [0.1, 0.15) is 4.83 Å². The molecule has 1 rings (SSSR count). The van der Waals surface area contributed by atoms with E-state index in [1.54, 1.807) is 0 Å². The molecule has 31 valence electrons. The van der Waals surface area contributed by atoms with Crippen molar-refractivity contribution < 1.29 is 9.67 Å². The average molecular weight is 84.9 g/mol. The van der Waals surface area contributed by atoms with Gasteiger partial charge in [0, 0.05) is 11.2 Å². The molecule has 1 aliphatic rings. The van der Waals surface area contributed by atoms with E-state index in [4.69, 9.17) is 0 Å². The van der Waals surface area contributed by atoms with E-state index in [2.05, 4.69) is 4.84 Å². The predicted molar refractivity (Wildman–Crippen MR) is 20.1 cm³/mol. The van der Waals surface area contributed by atoms with Crippen LogP contribution in [-0.4, -0.2) is 18.9 Å². The summed E-state index contributed by atoms with van der Waals surface area (Å²) in [5.41, 5.74) is 0. The van der Waals surface area contributed by atoms with Crippen molar-refractivity contribution >= 4 is 7.41 Å². The van der Waals surface area contributed by atoms with Gasteiger partial charge in [-0.05, 0) is 0 Å².